The first-order valence-electron chi connectivity index (χ1n) is 5.92. The Balaban J connectivity index is 0.00000225. The fraction of sp³-hybridized carbons (Fsp3) is 0.917. The molecular formula is C12H23N2ORe-. The summed E-state index contributed by atoms with van der Waals surface area (Å²) < 4.78 is 0. The predicted molar refractivity (Wildman–Crippen MR) is 63.3 cm³/mol. The summed E-state index contributed by atoms with van der Waals surface area (Å²) in [4.78, 5) is 12.9. The molecule has 0 bridgehead atoms. The van der Waals surface area contributed by atoms with Gasteiger partial charge in [0.05, 0.1) is 0 Å². The van der Waals surface area contributed by atoms with Gasteiger partial charge in [0, 0.05) is 32.9 Å². The maximum absolute atomic E-state index is 10.4. The van der Waals surface area contributed by atoms with E-state index in [-0.39, 0.29) is 26.0 Å². The molecule has 0 saturated carbocycles. The topological polar surface area (TPSA) is 34.4 Å². The molecule has 0 aromatic carbocycles. The van der Waals surface area contributed by atoms with Crippen molar-refractivity contribution in [1.29, 1.82) is 0 Å². The van der Waals surface area contributed by atoms with Gasteiger partial charge in [-0.05, 0) is 26.9 Å². The second-order valence-electron chi connectivity index (χ2n) is 4.78. The molecule has 0 unspecified atom stereocenters. The molecule has 1 saturated heterocycles. The average molecular weight is 398 g/mol. The molecule has 1 fully saturated rings. The molecule has 0 amide bonds. The van der Waals surface area contributed by atoms with Gasteiger partial charge in [0.2, 0.25) is 0 Å². The van der Waals surface area contributed by atoms with E-state index in [0.29, 0.717) is 12.5 Å². The van der Waals surface area contributed by atoms with Gasteiger partial charge in [-0.25, -0.2) is 0 Å². The predicted octanol–water partition coefficient (Wildman–Crippen LogP) is 2.21. The first kappa shape index (κ1) is 16.3. The number of nitrogens with zero attached hydrogens (tertiary/aromatic N) is 2. The van der Waals surface area contributed by atoms with Crippen molar-refractivity contribution in [2.75, 3.05) is 20.1 Å². The summed E-state index contributed by atoms with van der Waals surface area (Å²) in [5, 5.41) is 4.52. The van der Waals surface area contributed by atoms with Crippen LogP contribution < -0.4 is 0 Å². The fourth-order valence-electron chi connectivity index (χ4n) is 2.37. The molecule has 0 N–H and O–H groups in total. The Kier molecular flexibility index (Phi) is 7.67. The van der Waals surface area contributed by atoms with E-state index in [4.69, 9.17) is 0 Å². The third-order valence-corrected chi connectivity index (χ3v) is 3.66. The first-order valence-corrected chi connectivity index (χ1v) is 5.92. The van der Waals surface area contributed by atoms with Gasteiger partial charge in [-0.2, -0.15) is 7.05 Å². The Morgan fingerprint density at radius 3 is 2.31 bits per heavy atom. The third kappa shape index (κ3) is 4.26. The van der Waals surface area contributed by atoms with E-state index < -0.39 is 0 Å². The maximum Gasteiger partial charge on any atom is 0.119 e. The minimum atomic E-state index is 0. The molecule has 16 heavy (non-hydrogen) atoms. The molecule has 1 radical (unpaired) electrons. The summed E-state index contributed by atoms with van der Waals surface area (Å²) in [6, 6.07) is 0.630. The minimum Gasteiger partial charge on any atom is -0.659 e. The number of carbonyl (C=O) groups is 1. The van der Waals surface area contributed by atoms with Gasteiger partial charge in [0.1, 0.15) is 6.29 Å². The standard InChI is InChI=1S/C12H23N2O.Re/c1-11(2)14-8-6-12(13-3,7-9-14)5-4-10-15;/h10-11H,4-9H2,1-3H3;/q-1;. The Labute approximate surface area is 113 Å². The second kappa shape index (κ2) is 7.55. The molecule has 95 valence electrons. The molecule has 1 aliphatic rings. The van der Waals surface area contributed by atoms with E-state index >= 15 is 0 Å². The Morgan fingerprint density at radius 2 is 1.94 bits per heavy atom. The zero-order valence-corrected chi connectivity index (χ0v) is 13.3. The van der Waals surface area contributed by atoms with Crippen molar-refractivity contribution in [2.24, 2.45) is 0 Å². The summed E-state index contributed by atoms with van der Waals surface area (Å²) in [7, 11) is 1.90. The van der Waals surface area contributed by atoms with E-state index in [1.165, 1.54) is 0 Å². The third-order valence-electron chi connectivity index (χ3n) is 3.66. The van der Waals surface area contributed by atoms with Crippen LogP contribution in [-0.4, -0.2) is 42.9 Å². The van der Waals surface area contributed by atoms with E-state index in [2.05, 4.69) is 24.1 Å². The largest absolute Gasteiger partial charge is 0.659 e. The van der Waals surface area contributed by atoms with Gasteiger partial charge in [0.25, 0.3) is 0 Å². The maximum atomic E-state index is 10.4. The van der Waals surface area contributed by atoms with Crippen LogP contribution in [0.15, 0.2) is 0 Å². The van der Waals surface area contributed by atoms with Crippen molar-refractivity contribution in [3.63, 3.8) is 0 Å². The van der Waals surface area contributed by atoms with Crippen LogP contribution in [0.1, 0.15) is 39.5 Å². The molecule has 0 aromatic rings. The molecule has 1 heterocycles. The van der Waals surface area contributed by atoms with Crippen LogP contribution >= 0.6 is 0 Å². The second-order valence-corrected chi connectivity index (χ2v) is 4.78. The zero-order valence-electron chi connectivity index (χ0n) is 10.6. The Bertz CT molecular complexity index is 201. The van der Waals surface area contributed by atoms with Crippen LogP contribution in [0.2, 0.25) is 0 Å². The molecule has 0 aromatic heterocycles. The fourth-order valence-corrected chi connectivity index (χ4v) is 2.37. The smallest absolute Gasteiger partial charge is 0.119 e. The van der Waals surface area contributed by atoms with Crippen molar-refractivity contribution in [3.05, 3.63) is 5.32 Å². The van der Waals surface area contributed by atoms with Crippen molar-refractivity contribution >= 4 is 6.29 Å². The van der Waals surface area contributed by atoms with Crippen LogP contribution in [0, 0.1) is 0 Å². The molecule has 1 rings (SSSR count). The number of hydrogen-bond donors (Lipinski definition) is 0. The Hall–Kier alpha value is 0.252. The minimum absolute atomic E-state index is 0. The van der Waals surface area contributed by atoms with Crippen LogP contribution in [0.4, 0.5) is 0 Å². The molecule has 0 atom stereocenters. The molecule has 1 aliphatic heterocycles. The van der Waals surface area contributed by atoms with Crippen LogP contribution in [0.3, 0.4) is 0 Å². The molecule has 0 spiro atoms. The quantitative estimate of drug-likeness (QED) is 0.667. The zero-order chi connectivity index (χ0) is 11.3. The number of rotatable bonds is 5. The number of carbonyl (C=O) groups excluding carboxylic acids is 1. The summed E-state index contributed by atoms with van der Waals surface area (Å²) in [5.74, 6) is 0. The van der Waals surface area contributed by atoms with Crippen molar-refractivity contribution in [2.45, 2.75) is 51.1 Å². The number of hydrogen-bond acceptors (Lipinski definition) is 2. The SMILES string of the molecule is C[N-]C1(CCC=O)CCN(C(C)C)CC1.[Re]. The summed E-state index contributed by atoms with van der Waals surface area (Å²) in [5.41, 5.74) is 0.0896. The van der Waals surface area contributed by atoms with Crippen LogP contribution in [-0.2, 0) is 25.2 Å². The summed E-state index contributed by atoms with van der Waals surface area (Å²) in [6.07, 6.45) is 4.81. The number of likely N-dealkylation sites (tertiary alicyclic amines) is 1. The van der Waals surface area contributed by atoms with Gasteiger partial charge in [0.15, 0.2) is 0 Å². The van der Waals surface area contributed by atoms with Crippen molar-refractivity contribution < 1.29 is 25.2 Å². The summed E-state index contributed by atoms with van der Waals surface area (Å²) >= 11 is 0. The van der Waals surface area contributed by atoms with Crippen molar-refractivity contribution in [1.82, 2.24) is 4.90 Å². The van der Waals surface area contributed by atoms with Gasteiger partial charge in [-0.15, -0.1) is 5.54 Å². The van der Waals surface area contributed by atoms with E-state index in [1.54, 1.807) is 0 Å². The van der Waals surface area contributed by atoms with E-state index in [9.17, 15) is 4.79 Å². The van der Waals surface area contributed by atoms with Crippen molar-refractivity contribution in [3.8, 4) is 0 Å². The molecular weight excluding hydrogens is 374 g/mol. The monoisotopic (exact) mass is 398 g/mol. The molecule has 3 nitrogen and oxygen atoms in total. The molecule has 0 aliphatic carbocycles. The van der Waals surface area contributed by atoms with E-state index in [0.717, 1.165) is 38.6 Å². The number of piperidine rings is 1. The Morgan fingerprint density at radius 1 is 1.38 bits per heavy atom. The number of aldehydes is 1. The van der Waals surface area contributed by atoms with Gasteiger partial charge in [-0.3, -0.25) is 0 Å². The van der Waals surface area contributed by atoms with Crippen LogP contribution in [0.5, 0.6) is 0 Å². The van der Waals surface area contributed by atoms with E-state index in [1.807, 2.05) is 7.05 Å². The summed E-state index contributed by atoms with van der Waals surface area (Å²) in [6.45, 7) is 6.71. The normalized spacial score (nSPS) is 20.5. The van der Waals surface area contributed by atoms with Gasteiger partial charge < -0.3 is 15.0 Å². The average Bonchev–Trinajstić information content (AvgIpc) is 2.27. The van der Waals surface area contributed by atoms with Gasteiger partial charge >= 0.3 is 0 Å². The van der Waals surface area contributed by atoms with Gasteiger partial charge in [-0.1, -0.05) is 19.3 Å². The first-order chi connectivity index (χ1) is 7.13. The van der Waals surface area contributed by atoms with Crippen LogP contribution in [0.25, 0.3) is 5.32 Å². The molecule has 4 heteroatoms.